The molecular weight excluding hydrogens is 155 g/mol. The van der Waals surface area contributed by atoms with Crippen LogP contribution in [0.3, 0.4) is 0 Å². The molecule has 0 saturated heterocycles. The number of rotatable bonds is 0. The summed E-state index contributed by atoms with van der Waals surface area (Å²) in [5.41, 5.74) is -0.629. The van der Waals surface area contributed by atoms with Crippen LogP contribution in [0.1, 0.15) is 13.3 Å². The number of allylic oxidation sites excluding steroid dienone is 1. The van der Waals surface area contributed by atoms with E-state index in [2.05, 4.69) is 4.99 Å². The molecule has 0 radical (unpaired) electrons. The fourth-order valence-electron chi connectivity index (χ4n) is 0.808. The normalized spacial score (nSPS) is 25.1. The van der Waals surface area contributed by atoms with Crippen LogP contribution in [0.5, 0.6) is 0 Å². The van der Waals surface area contributed by atoms with Crippen molar-refractivity contribution in [1.29, 1.82) is 0 Å². The van der Waals surface area contributed by atoms with Gasteiger partial charge in [-0.2, -0.15) is 13.2 Å². The maximum atomic E-state index is 11.9. The molecule has 62 valence electrons. The first-order valence-electron chi connectivity index (χ1n) is 3.30. The maximum absolute atomic E-state index is 11.9. The van der Waals surface area contributed by atoms with Gasteiger partial charge in [0.05, 0.1) is 11.6 Å². The van der Waals surface area contributed by atoms with E-state index in [1.807, 2.05) is 0 Å². The highest BCUT2D eigenvalue weighted by atomic mass is 19.4. The molecule has 0 amide bonds. The Kier molecular flexibility index (Phi) is 2.02. The molecule has 11 heavy (non-hydrogen) atoms. The molecule has 0 bridgehead atoms. The van der Waals surface area contributed by atoms with Crippen molar-refractivity contribution in [2.75, 3.05) is 0 Å². The molecule has 0 aromatic heterocycles. The summed E-state index contributed by atoms with van der Waals surface area (Å²) in [6.45, 7) is 1.78. The third kappa shape index (κ3) is 2.06. The summed E-state index contributed by atoms with van der Waals surface area (Å²) >= 11 is 0. The minimum Gasteiger partial charge on any atom is -0.289 e. The monoisotopic (exact) mass is 163 g/mol. The number of aliphatic imine (C=N–C) groups is 1. The van der Waals surface area contributed by atoms with Crippen LogP contribution in [0.2, 0.25) is 0 Å². The van der Waals surface area contributed by atoms with Crippen LogP contribution in [0.4, 0.5) is 13.2 Å². The second kappa shape index (κ2) is 2.68. The molecule has 1 heterocycles. The Balaban J connectivity index is 2.71. The van der Waals surface area contributed by atoms with Crippen molar-refractivity contribution in [3.63, 3.8) is 0 Å². The number of hydrogen-bond acceptors (Lipinski definition) is 1. The van der Waals surface area contributed by atoms with E-state index in [-0.39, 0.29) is 6.04 Å². The highest BCUT2D eigenvalue weighted by Crippen LogP contribution is 2.26. The maximum Gasteiger partial charge on any atom is 0.417 e. The van der Waals surface area contributed by atoms with Gasteiger partial charge in [-0.25, -0.2) is 0 Å². The van der Waals surface area contributed by atoms with Crippen LogP contribution in [-0.2, 0) is 0 Å². The molecule has 4 heteroatoms. The lowest BCUT2D eigenvalue weighted by Crippen LogP contribution is -2.17. The minimum absolute atomic E-state index is 0.0129. The molecule has 0 fully saturated rings. The van der Waals surface area contributed by atoms with E-state index >= 15 is 0 Å². The molecule has 0 saturated carbocycles. The van der Waals surface area contributed by atoms with E-state index in [0.29, 0.717) is 6.42 Å². The van der Waals surface area contributed by atoms with Crippen molar-refractivity contribution in [2.45, 2.75) is 25.6 Å². The lowest BCUT2D eigenvalue weighted by atomic mass is 10.1. The smallest absolute Gasteiger partial charge is 0.289 e. The molecule has 1 aliphatic rings. The number of hydrogen-bond donors (Lipinski definition) is 0. The first-order chi connectivity index (χ1) is 5.00. The summed E-state index contributed by atoms with van der Waals surface area (Å²) in [6.07, 6.45) is -1.78. The van der Waals surface area contributed by atoms with Crippen LogP contribution in [0.25, 0.3) is 0 Å². The third-order valence-corrected chi connectivity index (χ3v) is 1.47. The predicted octanol–water partition coefficient (Wildman–Crippen LogP) is 2.34. The van der Waals surface area contributed by atoms with Crippen LogP contribution >= 0.6 is 0 Å². The zero-order chi connectivity index (χ0) is 8.48. The first kappa shape index (κ1) is 8.30. The molecule has 1 rings (SSSR count). The van der Waals surface area contributed by atoms with Crippen molar-refractivity contribution in [1.82, 2.24) is 0 Å². The van der Waals surface area contributed by atoms with Gasteiger partial charge in [0.15, 0.2) is 0 Å². The second-order valence-corrected chi connectivity index (χ2v) is 2.52. The summed E-state index contributed by atoms with van der Waals surface area (Å²) in [4.78, 5) is 3.66. The molecule has 1 unspecified atom stereocenters. The van der Waals surface area contributed by atoms with Gasteiger partial charge >= 0.3 is 6.18 Å². The van der Waals surface area contributed by atoms with Gasteiger partial charge in [-0.1, -0.05) is 6.08 Å². The van der Waals surface area contributed by atoms with Crippen molar-refractivity contribution >= 4 is 6.21 Å². The first-order valence-corrected chi connectivity index (χ1v) is 3.30. The molecule has 0 aromatic carbocycles. The van der Waals surface area contributed by atoms with Gasteiger partial charge in [-0.15, -0.1) is 0 Å². The van der Waals surface area contributed by atoms with E-state index in [0.717, 1.165) is 6.21 Å². The zero-order valence-corrected chi connectivity index (χ0v) is 6.02. The van der Waals surface area contributed by atoms with Gasteiger partial charge in [0.2, 0.25) is 0 Å². The third-order valence-electron chi connectivity index (χ3n) is 1.47. The van der Waals surface area contributed by atoms with Gasteiger partial charge in [0, 0.05) is 6.21 Å². The lowest BCUT2D eigenvalue weighted by Gasteiger charge is -2.13. The topological polar surface area (TPSA) is 12.4 Å². The average Bonchev–Trinajstić information content (AvgIpc) is 1.86. The van der Waals surface area contributed by atoms with E-state index in [1.165, 1.54) is 6.08 Å². The molecule has 1 nitrogen and oxygen atoms in total. The lowest BCUT2D eigenvalue weighted by molar-refractivity contribution is -0.0860. The fraction of sp³-hybridized carbons (Fsp3) is 0.571. The molecular formula is C7H8F3N. The van der Waals surface area contributed by atoms with Crippen LogP contribution in [0.15, 0.2) is 16.6 Å². The van der Waals surface area contributed by atoms with Gasteiger partial charge < -0.3 is 0 Å². The van der Waals surface area contributed by atoms with Crippen molar-refractivity contribution in [3.05, 3.63) is 11.6 Å². The molecule has 0 aliphatic carbocycles. The Hall–Kier alpha value is -0.800. The summed E-state index contributed by atoms with van der Waals surface area (Å²) < 4.78 is 35.7. The van der Waals surface area contributed by atoms with Crippen LogP contribution in [0, 0.1) is 0 Å². The summed E-state index contributed by atoms with van der Waals surface area (Å²) in [7, 11) is 0. The van der Waals surface area contributed by atoms with Gasteiger partial charge in [-0.05, 0) is 13.3 Å². The Morgan fingerprint density at radius 3 is 2.55 bits per heavy atom. The molecule has 0 N–H and O–H groups in total. The van der Waals surface area contributed by atoms with E-state index < -0.39 is 11.7 Å². The van der Waals surface area contributed by atoms with E-state index in [9.17, 15) is 13.2 Å². The highest BCUT2D eigenvalue weighted by Gasteiger charge is 2.33. The molecule has 0 spiro atoms. The Labute approximate surface area is 62.6 Å². The molecule has 1 atom stereocenters. The highest BCUT2D eigenvalue weighted by molar-refractivity contribution is 5.81. The number of nitrogens with zero attached hydrogens (tertiary/aromatic N) is 1. The molecule has 0 aromatic rings. The van der Waals surface area contributed by atoms with E-state index in [1.54, 1.807) is 6.92 Å². The number of dihydropyridines is 1. The minimum atomic E-state index is -4.23. The van der Waals surface area contributed by atoms with Crippen LogP contribution < -0.4 is 0 Å². The number of alkyl halides is 3. The zero-order valence-electron chi connectivity index (χ0n) is 6.02. The average molecular weight is 163 g/mol. The van der Waals surface area contributed by atoms with Gasteiger partial charge in [-0.3, -0.25) is 4.99 Å². The van der Waals surface area contributed by atoms with Gasteiger partial charge in [0.1, 0.15) is 0 Å². The Bertz CT molecular complexity index is 202. The fourth-order valence-corrected chi connectivity index (χ4v) is 0.808. The quantitative estimate of drug-likeness (QED) is 0.519. The largest absolute Gasteiger partial charge is 0.417 e. The van der Waals surface area contributed by atoms with Crippen molar-refractivity contribution in [3.8, 4) is 0 Å². The van der Waals surface area contributed by atoms with Crippen LogP contribution in [-0.4, -0.2) is 18.4 Å². The number of halogens is 3. The predicted molar refractivity (Wildman–Crippen MR) is 36.7 cm³/mol. The summed E-state index contributed by atoms with van der Waals surface area (Å²) in [5, 5.41) is 0. The van der Waals surface area contributed by atoms with Gasteiger partial charge in [0.25, 0.3) is 0 Å². The van der Waals surface area contributed by atoms with E-state index in [4.69, 9.17) is 0 Å². The van der Waals surface area contributed by atoms with Crippen molar-refractivity contribution in [2.24, 2.45) is 4.99 Å². The van der Waals surface area contributed by atoms with Crippen molar-refractivity contribution < 1.29 is 13.2 Å². The second-order valence-electron chi connectivity index (χ2n) is 2.52. The molecule has 1 aliphatic heterocycles. The SMILES string of the molecule is CC1CC=C(C(F)(F)F)C=N1. The Morgan fingerprint density at radius 2 is 2.18 bits per heavy atom. The Morgan fingerprint density at radius 1 is 1.55 bits per heavy atom. The standard InChI is InChI=1S/C7H8F3N/c1-5-2-3-6(4-11-5)7(8,9)10/h3-5H,2H2,1H3. The summed E-state index contributed by atoms with van der Waals surface area (Å²) in [6, 6.07) is -0.0129. The summed E-state index contributed by atoms with van der Waals surface area (Å²) in [5.74, 6) is 0.